The van der Waals surface area contributed by atoms with E-state index in [0.29, 0.717) is 19.3 Å². The fraction of sp³-hybridized carbons (Fsp3) is 0.708. The average molecular weight is 398 g/mol. The maximum Gasteiger partial charge on any atom is 0.309 e. The number of rotatable bonds is 1. The molecule has 5 nitrogen and oxygen atoms in total. The first-order chi connectivity index (χ1) is 13.7. The lowest BCUT2D eigenvalue weighted by molar-refractivity contribution is -0.163. The van der Waals surface area contributed by atoms with Crippen LogP contribution in [-0.4, -0.2) is 30.4 Å². The lowest BCUT2D eigenvalue weighted by Crippen LogP contribution is -2.53. The molecule has 0 radical (unpaired) electrons. The molecule has 0 N–H and O–H groups in total. The molecule has 6 atom stereocenters. The van der Waals surface area contributed by atoms with Crippen LogP contribution in [0.5, 0.6) is 0 Å². The highest BCUT2D eigenvalue weighted by Gasteiger charge is 2.67. The van der Waals surface area contributed by atoms with Crippen LogP contribution in [0, 0.1) is 28.6 Å². The number of esters is 2. The Morgan fingerprint density at radius 1 is 1.17 bits per heavy atom. The first-order valence-corrected chi connectivity index (χ1v) is 11.0. The predicted molar refractivity (Wildman–Crippen MR) is 106 cm³/mol. The van der Waals surface area contributed by atoms with Gasteiger partial charge in [-0.1, -0.05) is 31.1 Å². The van der Waals surface area contributed by atoms with E-state index in [1.165, 1.54) is 12.7 Å². The van der Waals surface area contributed by atoms with Crippen molar-refractivity contribution in [2.75, 3.05) is 7.11 Å². The van der Waals surface area contributed by atoms with E-state index < -0.39 is 5.60 Å². The maximum absolute atomic E-state index is 12.9. The number of allylic oxidation sites excluding steroid dienone is 4. The third-order valence-electron chi connectivity index (χ3n) is 9.23. The molecular formula is C24H30O5. The standard InChI is InChI=1S/C24H30O5/c1-22-8-4-15(25)12-14(22)13-16(21(27)28-3)20-17(22)5-9-23(2)18(20)6-10-24(23)11-7-19(26)29-24/h5,12,16,18,20H,4,6-11,13H2,1-3H3/t16?,18-,20-,22+,23+,24-/m1/s1. The number of fused-ring (bicyclic) bond motifs is 6. The van der Waals surface area contributed by atoms with Crippen LogP contribution >= 0.6 is 0 Å². The van der Waals surface area contributed by atoms with E-state index in [4.69, 9.17) is 9.47 Å². The van der Waals surface area contributed by atoms with Crippen LogP contribution in [0.15, 0.2) is 23.3 Å². The van der Waals surface area contributed by atoms with Crippen LogP contribution in [0.2, 0.25) is 0 Å². The molecule has 4 aliphatic carbocycles. The topological polar surface area (TPSA) is 69.7 Å². The van der Waals surface area contributed by atoms with E-state index in [-0.39, 0.29) is 46.3 Å². The zero-order valence-electron chi connectivity index (χ0n) is 17.6. The Labute approximate surface area is 171 Å². The Bertz CT molecular complexity index is 868. The molecule has 0 aromatic heterocycles. The third-order valence-corrected chi connectivity index (χ3v) is 9.23. The Morgan fingerprint density at radius 2 is 1.97 bits per heavy atom. The lowest BCUT2D eigenvalue weighted by Gasteiger charge is -2.56. The second kappa shape index (κ2) is 6.05. The van der Waals surface area contributed by atoms with Gasteiger partial charge in [0.1, 0.15) is 5.60 Å². The molecule has 156 valence electrons. The molecule has 2 saturated carbocycles. The van der Waals surface area contributed by atoms with Gasteiger partial charge in [0, 0.05) is 23.7 Å². The van der Waals surface area contributed by atoms with Gasteiger partial charge in [-0.3, -0.25) is 14.4 Å². The summed E-state index contributed by atoms with van der Waals surface area (Å²) < 4.78 is 11.2. The number of ether oxygens (including phenoxy) is 2. The fourth-order valence-corrected chi connectivity index (χ4v) is 7.53. The summed E-state index contributed by atoms with van der Waals surface area (Å²) in [4.78, 5) is 37.1. The number of hydrogen-bond donors (Lipinski definition) is 0. The summed E-state index contributed by atoms with van der Waals surface area (Å²) in [6, 6.07) is 0. The minimum absolute atomic E-state index is 0.0854. The molecule has 0 aromatic carbocycles. The van der Waals surface area contributed by atoms with Crippen LogP contribution < -0.4 is 0 Å². The number of carbonyl (C=O) groups excluding carboxylic acids is 3. The highest BCUT2D eigenvalue weighted by Crippen LogP contribution is 2.69. The van der Waals surface area contributed by atoms with E-state index in [0.717, 1.165) is 37.7 Å². The Kier molecular flexibility index (Phi) is 3.98. The van der Waals surface area contributed by atoms with Crippen LogP contribution in [-0.2, 0) is 23.9 Å². The van der Waals surface area contributed by atoms with E-state index in [2.05, 4.69) is 19.9 Å². The number of hydrogen-bond acceptors (Lipinski definition) is 5. The molecule has 1 saturated heterocycles. The molecule has 29 heavy (non-hydrogen) atoms. The second-order valence-electron chi connectivity index (χ2n) is 10.2. The van der Waals surface area contributed by atoms with E-state index >= 15 is 0 Å². The van der Waals surface area contributed by atoms with Crippen molar-refractivity contribution in [3.63, 3.8) is 0 Å². The Hall–Kier alpha value is -1.91. The zero-order chi connectivity index (χ0) is 20.6. The molecule has 0 bridgehead atoms. The first-order valence-electron chi connectivity index (χ1n) is 11.0. The van der Waals surface area contributed by atoms with Gasteiger partial charge in [-0.2, -0.15) is 0 Å². The quantitative estimate of drug-likeness (QED) is 0.495. The largest absolute Gasteiger partial charge is 0.469 e. The van der Waals surface area contributed by atoms with Crippen molar-refractivity contribution in [3.8, 4) is 0 Å². The Morgan fingerprint density at radius 3 is 2.66 bits per heavy atom. The summed E-state index contributed by atoms with van der Waals surface area (Å²) in [6.45, 7) is 4.52. The van der Waals surface area contributed by atoms with Crippen molar-refractivity contribution in [2.45, 2.75) is 70.8 Å². The lowest BCUT2D eigenvalue weighted by atomic mass is 9.48. The molecule has 5 rings (SSSR count). The summed E-state index contributed by atoms with van der Waals surface area (Å²) in [5.41, 5.74) is 1.72. The van der Waals surface area contributed by atoms with Gasteiger partial charge >= 0.3 is 11.9 Å². The summed E-state index contributed by atoms with van der Waals surface area (Å²) in [5, 5.41) is 0. The first kappa shape index (κ1) is 19.1. The molecule has 5 aliphatic rings. The zero-order valence-corrected chi connectivity index (χ0v) is 17.6. The molecule has 3 fully saturated rings. The summed E-state index contributed by atoms with van der Waals surface area (Å²) >= 11 is 0. The van der Waals surface area contributed by atoms with Gasteiger partial charge in [0.2, 0.25) is 0 Å². The van der Waals surface area contributed by atoms with E-state index in [1.807, 2.05) is 0 Å². The van der Waals surface area contributed by atoms with E-state index in [1.54, 1.807) is 6.08 Å². The van der Waals surface area contributed by atoms with Crippen LogP contribution in [0.4, 0.5) is 0 Å². The highest BCUT2D eigenvalue weighted by atomic mass is 16.6. The van der Waals surface area contributed by atoms with E-state index in [9.17, 15) is 14.4 Å². The van der Waals surface area contributed by atoms with Gasteiger partial charge < -0.3 is 9.47 Å². The van der Waals surface area contributed by atoms with Crippen molar-refractivity contribution >= 4 is 17.7 Å². The fourth-order valence-electron chi connectivity index (χ4n) is 7.53. The minimum atomic E-state index is -0.392. The van der Waals surface area contributed by atoms with Gasteiger partial charge in [-0.15, -0.1) is 0 Å². The number of methoxy groups -OCH3 is 1. The Balaban J connectivity index is 1.63. The molecule has 1 spiro atoms. The number of ketones is 1. The molecule has 0 amide bonds. The molecule has 0 aromatic rings. The third kappa shape index (κ3) is 2.36. The van der Waals surface area contributed by atoms with Crippen LogP contribution in [0.25, 0.3) is 0 Å². The molecule has 1 heterocycles. The predicted octanol–water partition coefficient (Wildman–Crippen LogP) is 3.91. The normalized spacial score (nSPS) is 45.7. The number of carbonyl (C=O) groups is 3. The SMILES string of the molecule is COC(=O)C1CC2=CC(=O)CC[C@]2(C)C2=CC[C@@]3(C)[C@H](CC[C@@]34CCC(=O)O4)[C@@H]21. The van der Waals surface area contributed by atoms with Crippen molar-refractivity contribution in [1.82, 2.24) is 0 Å². The molecule has 5 heteroatoms. The monoisotopic (exact) mass is 398 g/mol. The van der Waals surface area contributed by atoms with Gasteiger partial charge in [-0.05, 0) is 56.4 Å². The maximum atomic E-state index is 12.9. The molecule has 1 aliphatic heterocycles. The van der Waals surface area contributed by atoms with Gasteiger partial charge in [-0.25, -0.2) is 0 Å². The average Bonchev–Trinajstić information content (AvgIpc) is 3.22. The van der Waals surface area contributed by atoms with Crippen molar-refractivity contribution in [2.24, 2.45) is 28.6 Å². The van der Waals surface area contributed by atoms with Crippen molar-refractivity contribution in [3.05, 3.63) is 23.3 Å². The highest BCUT2D eigenvalue weighted by molar-refractivity contribution is 5.92. The minimum Gasteiger partial charge on any atom is -0.469 e. The molecular weight excluding hydrogens is 368 g/mol. The molecule has 1 unspecified atom stereocenters. The smallest absolute Gasteiger partial charge is 0.309 e. The van der Waals surface area contributed by atoms with Crippen molar-refractivity contribution < 1.29 is 23.9 Å². The second-order valence-corrected chi connectivity index (χ2v) is 10.2. The van der Waals surface area contributed by atoms with Gasteiger partial charge in [0.05, 0.1) is 13.0 Å². The van der Waals surface area contributed by atoms with Gasteiger partial charge in [0.15, 0.2) is 5.78 Å². The van der Waals surface area contributed by atoms with Crippen LogP contribution in [0.3, 0.4) is 0 Å². The summed E-state index contributed by atoms with van der Waals surface area (Å²) in [5.74, 6) is 0.00356. The summed E-state index contributed by atoms with van der Waals surface area (Å²) in [6.07, 6.45) is 10.1. The van der Waals surface area contributed by atoms with Crippen molar-refractivity contribution in [1.29, 1.82) is 0 Å². The van der Waals surface area contributed by atoms with Gasteiger partial charge in [0.25, 0.3) is 0 Å². The summed E-state index contributed by atoms with van der Waals surface area (Å²) in [7, 11) is 1.46. The van der Waals surface area contributed by atoms with Crippen LogP contribution in [0.1, 0.15) is 65.2 Å².